The Labute approximate surface area is 113 Å². The second-order valence-electron chi connectivity index (χ2n) is 4.40. The van der Waals surface area contributed by atoms with E-state index in [0.29, 0.717) is 6.61 Å². The molecule has 1 atom stereocenters. The number of rotatable bonds is 5. The number of pyridine rings is 1. The maximum absolute atomic E-state index is 5.69. The van der Waals surface area contributed by atoms with E-state index in [1.165, 1.54) is 5.56 Å². The summed E-state index contributed by atoms with van der Waals surface area (Å²) < 4.78 is 5.47. The molecule has 0 fully saturated rings. The lowest BCUT2D eigenvalue weighted by Gasteiger charge is -2.17. The number of aromatic nitrogens is 1. The van der Waals surface area contributed by atoms with Crippen molar-refractivity contribution in [1.29, 1.82) is 0 Å². The maximum Gasteiger partial charge on any atom is 0.137 e. The van der Waals surface area contributed by atoms with Crippen LogP contribution in [0, 0.1) is 6.92 Å². The maximum atomic E-state index is 5.69. The molecule has 0 amide bonds. The number of benzene rings is 1. The van der Waals surface area contributed by atoms with E-state index in [1.54, 1.807) is 12.4 Å². The Kier molecular flexibility index (Phi) is 4.49. The van der Waals surface area contributed by atoms with Gasteiger partial charge in [0.1, 0.15) is 5.75 Å². The molecule has 1 unspecified atom stereocenters. The fourth-order valence-electron chi connectivity index (χ4n) is 2.07. The Balaban J connectivity index is 2.33. The molecule has 19 heavy (non-hydrogen) atoms. The van der Waals surface area contributed by atoms with Gasteiger partial charge in [-0.05, 0) is 31.0 Å². The van der Waals surface area contributed by atoms with Gasteiger partial charge in [-0.15, -0.1) is 0 Å². The molecule has 0 aliphatic heterocycles. The van der Waals surface area contributed by atoms with Gasteiger partial charge in [0.15, 0.2) is 0 Å². The van der Waals surface area contributed by atoms with Crippen LogP contribution in [0.1, 0.15) is 29.7 Å². The topological polar surface area (TPSA) is 60.2 Å². The Morgan fingerprint density at radius 2 is 2.11 bits per heavy atom. The summed E-state index contributed by atoms with van der Waals surface area (Å²) in [5.74, 6) is 6.45. The van der Waals surface area contributed by atoms with Crippen LogP contribution in [-0.2, 0) is 0 Å². The monoisotopic (exact) mass is 257 g/mol. The zero-order valence-corrected chi connectivity index (χ0v) is 11.3. The van der Waals surface area contributed by atoms with Crippen molar-refractivity contribution < 1.29 is 4.74 Å². The van der Waals surface area contributed by atoms with Crippen LogP contribution in [0.4, 0.5) is 0 Å². The van der Waals surface area contributed by atoms with Crippen LogP contribution in [-0.4, -0.2) is 11.6 Å². The van der Waals surface area contributed by atoms with Crippen molar-refractivity contribution in [2.45, 2.75) is 19.9 Å². The van der Waals surface area contributed by atoms with E-state index in [2.05, 4.69) is 29.5 Å². The van der Waals surface area contributed by atoms with Crippen molar-refractivity contribution in [2.24, 2.45) is 5.84 Å². The highest BCUT2D eigenvalue weighted by Crippen LogP contribution is 2.24. The summed E-state index contributed by atoms with van der Waals surface area (Å²) in [5.41, 5.74) is 6.13. The molecule has 0 bridgehead atoms. The Hall–Kier alpha value is -1.91. The smallest absolute Gasteiger partial charge is 0.137 e. The highest BCUT2D eigenvalue weighted by Gasteiger charge is 2.13. The number of aryl methyl sites for hydroxylation is 1. The molecule has 1 aromatic heterocycles. The largest absolute Gasteiger partial charge is 0.492 e. The van der Waals surface area contributed by atoms with E-state index >= 15 is 0 Å². The zero-order valence-electron chi connectivity index (χ0n) is 11.3. The van der Waals surface area contributed by atoms with Crippen molar-refractivity contribution in [3.8, 4) is 5.75 Å². The third-order valence-electron chi connectivity index (χ3n) is 2.92. The molecule has 0 saturated heterocycles. The second-order valence-corrected chi connectivity index (χ2v) is 4.40. The highest BCUT2D eigenvalue weighted by molar-refractivity contribution is 5.35. The predicted molar refractivity (Wildman–Crippen MR) is 75.8 cm³/mol. The minimum absolute atomic E-state index is 0.0900. The molecule has 4 heteroatoms. The van der Waals surface area contributed by atoms with Gasteiger partial charge in [-0.1, -0.05) is 29.8 Å². The van der Waals surface area contributed by atoms with Crippen LogP contribution in [0.2, 0.25) is 0 Å². The summed E-state index contributed by atoms with van der Waals surface area (Å²) in [6.07, 6.45) is 3.51. The fraction of sp³-hybridized carbons (Fsp3) is 0.267. The molecule has 4 nitrogen and oxygen atoms in total. The number of nitrogens with two attached hydrogens (primary N) is 1. The van der Waals surface area contributed by atoms with Crippen LogP contribution < -0.4 is 16.0 Å². The Bertz CT molecular complexity index is 542. The van der Waals surface area contributed by atoms with Crippen LogP contribution in [0.15, 0.2) is 42.7 Å². The van der Waals surface area contributed by atoms with Gasteiger partial charge in [0, 0.05) is 6.20 Å². The van der Waals surface area contributed by atoms with Crippen molar-refractivity contribution in [3.63, 3.8) is 0 Å². The summed E-state index contributed by atoms with van der Waals surface area (Å²) in [6, 6.07) is 10.1. The van der Waals surface area contributed by atoms with Gasteiger partial charge in [-0.3, -0.25) is 10.8 Å². The van der Waals surface area contributed by atoms with Crippen molar-refractivity contribution in [3.05, 3.63) is 59.4 Å². The summed E-state index contributed by atoms with van der Waals surface area (Å²) >= 11 is 0. The van der Waals surface area contributed by atoms with Crippen molar-refractivity contribution >= 4 is 0 Å². The average Bonchev–Trinajstić information content (AvgIpc) is 2.41. The average molecular weight is 257 g/mol. The number of hydrazine groups is 1. The zero-order chi connectivity index (χ0) is 13.7. The molecular weight excluding hydrogens is 238 g/mol. The summed E-state index contributed by atoms with van der Waals surface area (Å²) in [5, 5.41) is 0. The molecule has 0 spiro atoms. The fourth-order valence-corrected chi connectivity index (χ4v) is 2.07. The lowest BCUT2D eigenvalue weighted by molar-refractivity contribution is 0.338. The second kappa shape index (κ2) is 6.31. The number of hydrogen-bond donors (Lipinski definition) is 2. The van der Waals surface area contributed by atoms with Gasteiger partial charge in [0.25, 0.3) is 0 Å². The summed E-state index contributed by atoms with van der Waals surface area (Å²) in [4.78, 5) is 4.20. The Morgan fingerprint density at radius 1 is 1.26 bits per heavy atom. The number of nitrogens with zero attached hydrogens (tertiary/aromatic N) is 1. The van der Waals surface area contributed by atoms with Crippen LogP contribution >= 0.6 is 0 Å². The SMILES string of the molecule is CCOc1cncc(C(NN)c2cccc(C)c2)c1. The quantitative estimate of drug-likeness (QED) is 0.637. The van der Waals surface area contributed by atoms with Gasteiger partial charge in [-0.25, -0.2) is 5.43 Å². The normalized spacial score (nSPS) is 12.2. The number of nitrogens with one attached hydrogen (secondary N) is 1. The molecule has 0 aliphatic carbocycles. The first-order chi connectivity index (χ1) is 9.24. The first-order valence-corrected chi connectivity index (χ1v) is 6.35. The van der Waals surface area contributed by atoms with E-state index in [9.17, 15) is 0 Å². The predicted octanol–water partition coefficient (Wildman–Crippen LogP) is 2.34. The highest BCUT2D eigenvalue weighted by atomic mass is 16.5. The van der Waals surface area contributed by atoms with Gasteiger partial charge in [0.2, 0.25) is 0 Å². The molecule has 0 saturated carbocycles. The van der Waals surface area contributed by atoms with Gasteiger partial charge < -0.3 is 4.74 Å². The first-order valence-electron chi connectivity index (χ1n) is 6.35. The number of hydrogen-bond acceptors (Lipinski definition) is 4. The molecule has 3 N–H and O–H groups in total. The van der Waals surface area contributed by atoms with Crippen molar-refractivity contribution in [2.75, 3.05) is 6.61 Å². The van der Waals surface area contributed by atoms with Crippen LogP contribution in [0.25, 0.3) is 0 Å². The molecule has 1 aromatic carbocycles. The summed E-state index contributed by atoms with van der Waals surface area (Å²) in [6.45, 7) is 4.63. The van der Waals surface area contributed by atoms with E-state index in [1.807, 2.05) is 25.1 Å². The first kappa shape index (κ1) is 13.5. The molecule has 0 aliphatic rings. The van der Waals surface area contributed by atoms with E-state index < -0.39 is 0 Å². The Morgan fingerprint density at radius 3 is 2.79 bits per heavy atom. The minimum atomic E-state index is -0.0900. The van der Waals surface area contributed by atoms with E-state index in [0.717, 1.165) is 16.9 Å². The van der Waals surface area contributed by atoms with Crippen LogP contribution in [0.3, 0.4) is 0 Å². The van der Waals surface area contributed by atoms with E-state index in [-0.39, 0.29) is 6.04 Å². The van der Waals surface area contributed by atoms with Crippen molar-refractivity contribution in [1.82, 2.24) is 10.4 Å². The third-order valence-corrected chi connectivity index (χ3v) is 2.92. The molecule has 0 radical (unpaired) electrons. The molecule has 100 valence electrons. The number of ether oxygens (including phenoxy) is 1. The molecular formula is C15H19N3O. The molecule has 2 rings (SSSR count). The van der Waals surface area contributed by atoms with Crippen LogP contribution in [0.5, 0.6) is 5.75 Å². The van der Waals surface area contributed by atoms with Gasteiger partial charge >= 0.3 is 0 Å². The van der Waals surface area contributed by atoms with E-state index in [4.69, 9.17) is 10.6 Å². The molecule has 1 heterocycles. The third kappa shape index (κ3) is 3.30. The lowest BCUT2D eigenvalue weighted by atomic mass is 9.99. The standard InChI is InChI=1S/C15H19N3O/c1-3-19-14-8-13(9-17-10-14)15(18-16)12-6-4-5-11(2)7-12/h4-10,15,18H,3,16H2,1-2H3. The van der Waals surface area contributed by atoms with Gasteiger partial charge in [-0.2, -0.15) is 0 Å². The summed E-state index contributed by atoms with van der Waals surface area (Å²) in [7, 11) is 0. The van der Waals surface area contributed by atoms with Gasteiger partial charge in [0.05, 0.1) is 18.8 Å². The lowest BCUT2D eigenvalue weighted by Crippen LogP contribution is -2.29. The minimum Gasteiger partial charge on any atom is -0.492 e. The molecule has 2 aromatic rings.